The maximum Gasteiger partial charge on any atom is 0.0301 e. The van der Waals surface area contributed by atoms with Crippen LogP contribution in [0.1, 0.15) is 49.8 Å². The van der Waals surface area contributed by atoms with Crippen LogP contribution < -0.4 is 5.73 Å². The lowest BCUT2D eigenvalue weighted by Gasteiger charge is -2.15. The molecule has 1 heteroatoms. The van der Waals surface area contributed by atoms with Gasteiger partial charge in [-0.1, -0.05) is 62.6 Å². The molecule has 2 rings (SSSR count). The topological polar surface area (TPSA) is 26.0 Å². The Morgan fingerprint density at radius 2 is 1.72 bits per heavy atom. The molecular formula is C17H23N. The molecular weight excluding hydrogens is 218 g/mol. The Labute approximate surface area is 110 Å². The van der Waals surface area contributed by atoms with Crippen LogP contribution in [0.2, 0.25) is 0 Å². The van der Waals surface area contributed by atoms with Crippen molar-refractivity contribution in [1.29, 1.82) is 0 Å². The fourth-order valence-electron chi connectivity index (χ4n) is 2.57. The largest absolute Gasteiger partial charge is 0.324 e. The number of benzene rings is 2. The van der Waals surface area contributed by atoms with Gasteiger partial charge in [0.25, 0.3) is 0 Å². The Morgan fingerprint density at radius 1 is 1.00 bits per heavy atom. The van der Waals surface area contributed by atoms with Gasteiger partial charge < -0.3 is 5.73 Å². The molecule has 1 nitrogen and oxygen atoms in total. The highest BCUT2D eigenvalue weighted by Gasteiger charge is 2.10. The molecule has 0 amide bonds. The number of nitrogens with two attached hydrogens (primary N) is 1. The summed E-state index contributed by atoms with van der Waals surface area (Å²) in [5.74, 6) is 0. The van der Waals surface area contributed by atoms with E-state index in [2.05, 4.69) is 50.2 Å². The summed E-state index contributed by atoms with van der Waals surface area (Å²) in [5, 5.41) is 2.66. The van der Waals surface area contributed by atoms with Crippen molar-refractivity contribution in [3.8, 4) is 0 Å². The van der Waals surface area contributed by atoms with Crippen molar-refractivity contribution in [3.05, 3.63) is 47.5 Å². The smallest absolute Gasteiger partial charge is 0.0301 e. The monoisotopic (exact) mass is 241 g/mol. The lowest BCUT2D eigenvalue weighted by Crippen LogP contribution is -2.10. The van der Waals surface area contributed by atoms with Gasteiger partial charge in [0.05, 0.1) is 0 Å². The molecule has 0 bridgehead atoms. The summed E-state index contributed by atoms with van der Waals surface area (Å²) in [6.45, 7) is 4.39. The summed E-state index contributed by atoms with van der Waals surface area (Å²) >= 11 is 0. The first-order valence-corrected chi connectivity index (χ1v) is 6.98. The Bertz CT molecular complexity index is 516. The van der Waals surface area contributed by atoms with Crippen molar-refractivity contribution >= 4 is 10.8 Å². The van der Waals surface area contributed by atoms with Gasteiger partial charge in [0.1, 0.15) is 0 Å². The van der Waals surface area contributed by atoms with Crippen molar-refractivity contribution < 1.29 is 0 Å². The van der Waals surface area contributed by atoms with Gasteiger partial charge in [0, 0.05) is 6.04 Å². The minimum Gasteiger partial charge on any atom is -0.324 e. The molecule has 96 valence electrons. The fraction of sp³-hybridized carbons (Fsp3) is 0.412. The first kappa shape index (κ1) is 13.1. The Morgan fingerprint density at radius 3 is 2.44 bits per heavy atom. The SMILES string of the molecule is CCCCC[C@@H](N)c1ccc(C)c2ccccc12. The minimum absolute atomic E-state index is 0.169. The molecule has 2 aromatic rings. The number of rotatable bonds is 5. The van der Waals surface area contributed by atoms with Gasteiger partial charge in [-0.2, -0.15) is 0 Å². The van der Waals surface area contributed by atoms with Crippen molar-refractivity contribution in [3.63, 3.8) is 0 Å². The normalized spacial score (nSPS) is 12.8. The lowest BCUT2D eigenvalue weighted by atomic mass is 9.93. The lowest BCUT2D eigenvalue weighted by molar-refractivity contribution is 0.584. The number of fused-ring (bicyclic) bond motifs is 1. The van der Waals surface area contributed by atoms with Crippen LogP contribution in [-0.2, 0) is 0 Å². The van der Waals surface area contributed by atoms with Crippen molar-refractivity contribution in [1.82, 2.24) is 0 Å². The van der Waals surface area contributed by atoms with Gasteiger partial charge in [-0.15, -0.1) is 0 Å². The van der Waals surface area contributed by atoms with Gasteiger partial charge >= 0.3 is 0 Å². The van der Waals surface area contributed by atoms with Crippen LogP contribution in [0.15, 0.2) is 36.4 Å². The Kier molecular flexibility index (Phi) is 4.38. The first-order chi connectivity index (χ1) is 8.74. The average Bonchev–Trinajstić information content (AvgIpc) is 2.39. The second-order valence-corrected chi connectivity index (χ2v) is 5.12. The second kappa shape index (κ2) is 6.01. The zero-order valence-electron chi connectivity index (χ0n) is 11.4. The zero-order chi connectivity index (χ0) is 13.0. The summed E-state index contributed by atoms with van der Waals surface area (Å²) in [4.78, 5) is 0. The number of hydrogen-bond acceptors (Lipinski definition) is 1. The Balaban J connectivity index is 2.30. The van der Waals surface area contributed by atoms with Crippen LogP contribution in [-0.4, -0.2) is 0 Å². The maximum absolute atomic E-state index is 6.35. The summed E-state index contributed by atoms with van der Waals surface area (Å²) in [6, 6.07) is 13.1. The third-order valence-corrected chi connectivity index (χ3v) is 3.69. The molecule has 0 aliphatic heterocycles. The van der Waals surface area contributed by atoms with Crippen molar-refractivity contribution in [2.75, 3.05) is 0 Å². The molecule has 0 aromatic heterocycles. The van der Waals surface area contributed by atoms with Crippen LogP contribution in [0.5, 0.6) is 0 Å². The van der Waals surface area contributed by atoms with Gasteiger partial charge in [0.15, 0.2) is 0 Å². The van der Waals surface area contributed by atoms with E-state index in [9.17, 15) is 0 Å². The third kappa shape index (κ3) is 2.73. The standard InChI is InChI=1S/C17H23N/c1-3-4-5-10-17(18)16-12-11-13(2)14-8-6-7-9-15(14)16/h6-9,11-12,17H,3-5,10,18H2,1-2H3/t17-/m1/s1. The average molecular weight is 241 g/mol. The van der Waals surface area contributed by atoms with E-state index in [0.29, 0.717) is 0 Å². The molecule has 0 heterocycles. The highest BCUT2D eigenvalue weighted by atomic mass is 14.6. The van der Waals surface area contributed by atoms with E-state index in [1.165, 1.54) is 41.2 Å². The van der Waals surface area contributed by atoms with Crippen LogP contribution >= 0.6 is 0 Å². The third-order valence-electron chi connectivity index (χ3n) is 3.69. The summed E-state index contributed by atoms with van der Waals surface area (Å²) in [6.07, 6.45) is 4.83. The van der Waals surface area contributed by atoms with Crippen LogP contribution in [0.3, 0.4) is 0 Å². The predicted molar refractivity (Wildman–Crippen MR) is 79.8 cm³/mol. The quantitative estimate of drug-likeness (QED) is 0.752. The number of hydrogen-bond donors (Lipinski definition) is 1. The van der Waals surface area contributed by atoms with E-state index in [1.807, 2.05) is 0 Å². The van der Waals surface area contributed by atoms with Gasteiger partial charge in [0.2, 0.25) is 0 Å². The second-order valence-electron chi connectivity index (χ2n) is 5.12. The molecule has 0 unspecified atom stereocenters. The van der Waals surface area contributed by atoms with Gasteiger partial charge in [-0.25, -0.2) is 0 Å². The molecule has 0 aliphatic rings. The molecule has 0 saturated carbocycles. The predicted octanol–water partition coefficient (Wildman–Crippen LogP) is 4.73. The summed E-state index contributed by atoms with van der Waals surface area (Å²) in [5.41, 5.74) is 8.98. The zero-order valence-corrected chi connectivity index (χ0v) is 11.4. The summed E-state index contributed by atoms with van der Waals surface area (Å²) in [7, 11) is 0. The molecule has 1 atom stereocenters. The maximum atomic E-state index is 6.35. The fourth-order valence-corrected chi connectivity index (χ4v) is 2.57. The number of aryl methyl sites for hydroxylation is 1. The molecule has 0 fully saturated rings. The minimum atomic E-state index is 0.169. The molecule has 0 radical (unpaired) electrons. The molecule has 0 aliphatic carbocycles. The molecule has 2 aromatic carbocycles. The molecule has 2 N–H and O–H groups in total. The van der Waals surface area contributed by atoms with Crippen molar-refractivity contribution in [2.45, 2.75) is 45.6 Å². The van der Waals surface area contributed by atoms with Crippen LogP contribution in [0.25, 0.3) is 10.8 Å². The molecule has 18 heavy (non-hydrogen) atoms. The number of unbranched alkanes of at least 4 members (excludes halogenated alkanes) is 2. The van der Waals surface area contributed by atoms with E-state index in [-0.39, 0.29) is 6.04 Å². The van der Waals surface area contributed by atoms with Gasteiger partial charge in [-0.3, -0.25) is 0 Å². The van der Waals surface area contributed by atoms with E-state index < -0.39 is 0 Å². The van der Waals surface area contributed by atoms with Crippen LogP contribution in [0.4, 0.5) is 0 Å². The molecule has 0 spiro atoms. The van der Waals surface area contributed by atoms with E-state index in [0.717, 1.165) is 6.42 Å². The van der Waals surface area contributed by atoms with Crippen molar-refractivity contribution in [2.24, 2.45) is 5.73 Å². The highest BCUT2D eigenvalue weighted by molar-refractivity contribution is 5.88. The first-order valence-electron chi connectivity index (χ1n) is 6.98. The van der Waals surface area contributed by atoms with E-state index in [1.54, 1.807) is 0 Å². The van der Waals surface area contributed by atoms with Crippen LogP contribution in [0, 0.1) is 6.92 Å². The van der Waals surface area contributed by atoms with Gasteiger partial charge in [-0.05, 0) is 35.2 Å². The summed E-state index contributed by atoms with van der Waals surface area (Å²) < 4.78 is 0. The highest BCUT2D eigenvalue weighted by Crippen LogP contribution is 2.28. The van der Waals surface area contributed by atoms with E-state index >= 15 is 0 Å². The molecule has 0 saturated heterocycles. The Hall–Kier alpha value is -1.34. The van der Waals surface area contributed by atoms with E-state index in [4.69, 9.17) is 5.73 Å².